The van der Waals surface area contributed by atoms with Crippen molar-refractivity contribution in [1.29, 1.82) is 0 Å². The Morgan fingerprint density at radius 2 is 1.81 bits per heavy atom. The number of anilines is 1. The Hall–Kier alpha value is -2.88. The molecular formula is C22H25N3O4S2. The average molecular weight is 460 g/mol. The number of hydrogen-bond donors (Lipinski definition) is 2. The summed E-state index contributed by atoms with van der Waals surface area (Å²) in [4.78, 5) is 14.7. The Morgan fingerprint density at radius 3 is 2.42 bits per heavy atom. The van der Waals surface area contributed by atoms with Crippen molar-refractivity contribution in [1.82, 2.24) is 10.2 Å². The van der Waals surface area contributed by atoms with Gasteiger partial charge < -0.3 is 15.0 Å². The highest BCUT2D eigenvalue weighted by Gasteiger charge is 2.19. The van der Waals surface area contributed by atoms with Crippen molar-refractivity contribution in [2.45, 2.75) is 10.9 Å². The van der Waals surface area contributed by atoms with Crippen molar-refractivity contribution >= 4 is 33.0 Å². The van der Waals surface area contributed by atoms with E-state index in [1.807, 2.05) is 30.4 Å². The molecule has 0 bridgehead atoms. The number of methoxy groups -OCH3 is 1. The second-order valence-corrected chi connectivity index (χ2v) is 9.54. The Balaban J connectivity index is 1.68. The van der Waals surface area contributed by atoms with Gasteiger partial charge in [-0.1, -0.05) is 12.1 Å². The van der Waals surface area contributed by atoms with Gasteiger partial charge in [0.05, 0.1) is 23.7 Å². The van der Waals surface area contributed by atoms with Gasteiger partial charge in [-0.2, -0.15) is 11.3 Å². The van der Waals surface area contributed by atoms with Crippen molar-refractivity contribution in [2.24, 2.45) is 0 Å². The van der Waals surface area contributed by atoms with Gasteiger partial charge in [-0.15, -0.1) is 0 Å². The summed E-state index contributed by atoms with van der Waals surface area (Å²) in [6.45, 7) is 0.442. The molecule has 0 aliphatic heterocycles. The molecule has 0 spiro atoms. The number of carbonyl (C=O) groups is 1. The van der Waals surface area contributed by atoms with Gasteiger partial charge in [0.2, 0.25) is 0 Å². The lowest BCUT2D eigenvalue weighted by Crippen LogP contribution is -2.34. The maximum Gasteiger partial charge on any atom is 0.262 e. The van der Waals surface area contributed by atoms with E-state index in [2.05, 4.69) is 15.4 Å². The normalized spacial score (nSPS) is 12.4. The van der Waals surface area contributed by atoms with Gasteiger partial charge in [-0.05, 0) is 72.9 Å². The summed E-state index contributed by atoms with van der Waals surface area (Å²) in [7, 11) is 1.57. The summed E-state index contributed by atoms with van der Waals surface area (Å²) < 4.78 is 33.1. The lowest BCUT2D eigenvalue weighted by molar-refractivity contribution is 0.0942. The van der Waals surface area contributed by atoms with Gasteiger partial charge in [0, 0.05) is 12.1 Å². The number of likely N-dealkylation sites (N-methyl/N-ethyl adjacent to an activating group) is 1. The van der Waals surface area contributed by atoms with Gasteiger partial charge in [-0.25, -0.2) is 8.42 Å². The Kier molecular flexibility index (Phi) is 7.32. The minimum absolute atomic E-state index is 0.0550. The third kappa shape index (κ3) is 5.63. The summed E-state index contributed by atoms with van der Waals surface area (Å²) in [5.41, 5.74) is 1.87. The molecule has 3 aromatic rings. The van der Waals surface area contributed by atoms with E-state index < -0.39 is 10.0 Å². The van der Waals surface area contributed by atoms with Crippen molar-refractivity contribution in [3.05, 3.63) is 76.5 Å². The number of benzene rings is 2. The summed E-state index contributed by atoms with van der Waals surface area (Å²) in [6.07, 6.45) is 0. The largest absolute Gasteiger partial charge is 0.495 e. The quantitative estimate of drug-likeness (QED) is 0.511. The summed E-state index contributed by atoms with van der Waals surface area (Å²) in [5.74, 6) is 0.159. The lowest BCUT2D eigenvalue weighted by atomic mass is 10.1. The standard InChI is InChI=1S/C22H25N3O4S2/c1-25(2)20(17-12-13-30-15-17)14-23-22(26)16-8-10-18(11-9-16)31(27,28)24-19-6-4-5-7-21(19)29-3/h4-13,15,20,24H,14H2,1-3H3,(H,23,26). The topological polar surface area (TPSA) is 87.7 Å². The molecule has 0 saturated heterocycles. The van der Waals surface area contributed by atoms with Crippen LogP contribution in [0.2, 0.25) is 0 Å². The maximum atomic E-state index is 12.7. The molecule has 0 saturated carbocycles. The molecule has 2 N–H and O–H groups in total. The highest BCUT2D eigenvalue weighted by Crippen LogP contribution is 2.26. The predicted molar refractivity (Wildman–Crippen MR) is 123 cm³/mol. The van der Waals surface area contributed by atoms with E-state index in [1.165, 1.54) is 31.4 Å². The molecule has 1 aromatic heterocycles. The van der Waals surface area contributed by atoms with Crippen LogP contribution in [-0.2, 0) is 10.0 Å². The summed E-state index contributed by atoms with van der Waals surface area (Å²) in [6, 6.07) is 14.7. The molecule has 0 radical (unpaired) electrons. The predicted octanol–water partition coefficient (Wildman–Crippen LogP) is 3.59. The van der Waals surface area contributed by atoms with Crippen molar-refractivity contribution in [3.63, 3.8) is 0 Å². The average Bonchev–Trinajstić information content (AvgIpc) is 3.28. The molecule has 0 aliphatic carbocycles. The smallest absolute Gasteiger partial charge is 0.262 e. The number of para-hydroxylation sites is 2. The zero-order valence-corrected chi connectivity index (χ0v) is 19.2. The van der Waals surface area contributed by atoms with E-state index in [0.29, 0.717) is 23.5 Å². The van der Waals surface area contributed by atoms with E-state index in [-0.39, 0.29) is 16.8 Å². The molecule has 7 nitrogen and oxygen atoms in total. The van der Waals surface area contributed by atoms with E-state index in [9.17, 15) is 13.2 Å². The zero-order chi connectivity index (χ0) is 22.4. The van der Waals surface area contributed by atoms with E-state index >= 15 is 0 Å². The van der Waals surface area contributed by atoms with Crippen LogP contribution in [0.4, 0.5) is 5.69 Å². The Bertz CT molecular complexity index is 1110. The molecular weight excluding hydrogens is 434 g/mol. The summed E-state index contributed by atoms with van der Waals surface area (Å²) >= 11 is 1.61. The van der Waals surface area contributed by atoms with E-state index in [1.54, 1.807) is 35.6 Å². The van der Waals surface area contributed by atoms with Crippen LogP contribution in [0.25, 0.3) is 0 Å². The van der Waals surface area contributed by atoms with Crippen molar-refractivity contribution < 1.29 is 17.9 Å². The number of ether oxygens (including phenoxy) is 1. The molecule has 1 unspecified atom stereocenters. The van der Waals surface area contributed by atoms with Crippen LogP contribution < -0.4 is 14.8 Å². The van der Waals surface area contributed by atoms with Crippen LogP contribution in [0.3, 0.4) is 0 Å². The van der Waals surface area contributed by atoms with Crippen molar-refractivity contribution in [2.75, 3.05) is 32.5 Å². The third-order valence-electron chi connectivity index (χ3n) is 4.79. The van der Waals surface area contributed by atoms with Crippen LogP contribution in [0.1, 0.15) is 22.0 Å². The number of hydrogen-bond acceptors (Lipinski definition) is 6. The number of nitrogens with one attached hydrogen (secondary N) is 2. The maximum absolute atomic E-state index is 12.7. The molecule has 31 heavy (non-hydrogen) atoms. The summed E-state index contributed by atoms with van der Waals surface area (Å²) in [5, 5.41) is 6.99. The third-order valence-corrected chi connectivity index (χ3v) is 6.87. The zero-order valence-electron chi connectivity index (χ0n) is 17.5. The van der Waals surface area contributed by atoms with Gasteiger partial charge in [0.1, 0.15) is 5.75 Å². The molecule has 0 aliphatic rings. The minimum atomic E-state index is -3.82. The molecule has 9 heteroatoms. The van der Waals surface area contributed by atoms with Gasteiger partial charge in [0.25, 0.3) is 15.9 Å². The van der Waals surface area contributed by atoms with Crippen LogP contribution >= 0.6 is 11.3 Å². The monoisotopic (exact) mass is 459 g/mol. The van der Waals surface area contributed by atoms with E-state index in [0.717, 1.165) is 5.56 Å². The first kappa shape index (κ1) is 22.8. The lowest BCUT2D eigenvalue weighted by Gasteiger charge is -2.24. The molecule has 1 heterocycles. The van der Waals surface area contributed by atoms with Crippen LogP contribution in [0, 0.1) is 0 Å². The second kappa shape index (κ2) is 9.95. The first-order valence-electron chi connectivity index (χ1n) is 9.54. The SMILES string of the molecule is COc1ccccc1NS(=O)(=O)c1ccc(C(=O)NCC(c2ccsc2)N(C)C)cc1. The minimum Gasteiger partial charge on any atom is -0.495 e. The molecule has 164 valence electrons. The van der Waals surface area contributed by atoms with Gasteiger partial charge >= 0.3 is 0 Å². The van der Waals surface area contributed by atoms with Gasteiger partial charge in [0.15, 0.2) is 0 Å². The Labute approximate surface area is 186 Å². The fourth-order valence-electron chi connectivity index (χ4n) is 3.07. The molecule has 2 aromatic carbocycles. The highest BCUT2D eigenvalue weighted by molar-refractivity contribution is 7.92. The van der Waals surface area contributed by atoms with Crippen LogP contribution in [-0.4, -0.2) is 47.0 Å². The Morgan fingerprint density at radius 1 is 1.10 bits per heavy atom. The first-order valence-corrected chi connectivity index (χ1v) is 12.0. The fourth-order valence-corrected chi connectivity index (χ4v) is 4.85. The van der Waals surface area contributed by atoms with E-state index in [4.69, 9.17) is 4.74 Å². The van der Waals surface area contributed by atoms with Gasteiger partial charge in [-0.3, -0.25) is 9.52 Å². The van der Waals surface area contributed by atoms with Crippen LogP contribution in [0.5, 0.6) is 5.75 Å². The number of thiophene rings is 1. The number of carbonyl (C=O) groups excluding carboxylic acids is 1. The van der Waals surface area contributed by atoms with Crippen molar-refractivity contribution in [3.8, 4) is 5.75 Å². The molecule has 1 atom stereocenters. The first-order chi connectivity index (χ1) is 14.8. The number of sulfonamides is 1. The molecule has 0 fully saturated rings. The number of amides is 1. The highest BCUT2D eigenvalue weighted by atomic mass is 32.2. The molecule has 3 rings (SSSR count). The number of nitrogens with zero attached hydrogens (tertiary/aromatic N) is 1. The second-order valence-electron chi connectivity index (χ2n) is 7.08. The fraction of sp³-hybridized carbons (Fsp3) is 0.227. The van der Waals surface area contributed by atoms with Crippen LogP contribution in [0.15, 0.2) is 70.3 Å². The number of rotatable bonds is 9. The molecule has 1 amide bonds.